The van der Waals surface area contributed by atoms with Gasteiger partial charge in [0, 0.05) is 13.2 Å². The van der Waals surface area contributed by atoms with Crippen molar-refractivity contribution in [1.29, 1.82) is 0 Å². The number of carbonyl (C=O) groups excluding carboxylic acids is 1. The van der Waals surface area contributed by atoms with Gasteiger partial charge in [-0.1, -0.05) is 29.3 Å². The zero-order chi connectivity index (χ0) is 12.4. The van der Waals surface area contributed by atoms with Gasteiger partial charge in [-0.15, -0.1) is 6.58 Å². The highest BCUT2D eigenvalue weighted by atomic mass is 35.5. The number of alkyl halides is 2. The zero-order valence-electron chi connectivity index (χ0n) is 9.33. The second kappa shape index (κ2) is 9.90. The Kier molecular flexibility index (Phi) is 9.72. The molecule has 0 rings (SSSR count). The second-order valence-electron chi connectivity index (χ2n) is 2.88. The molecule has 0 atom stereocenters. The fourth-order valence-corrected chi connectivity index (χ4v) is 1.21. The van der Waals surface area contributed by atoms with E-state index in [0.717, 1.165) is 0 Å². The van der Waals surface area contributed by atoms with Gasteiger partial charge >= 0.3 is 0 Å². The number of rotatable bonds is 9. The molecule has 0 N–H and O–H groups in total. The molecule has 0 saturated heterocycles. The lowest BCUT2D eigenvalue weighted by Gasteiger charge is -2.21. The Hall–Kier alpha value is -0.290. The summed E-state index contributed by atoms with van der Waals surface area (Å²) < 4.78 is 10.3. The Morgan fingerprint density at radius 2 is 2.06 bits per heavy atom. The van der Waals surface area contributed by atoms with Gasteiger partial charge in [-0.05, 0) is 6.92 Å². The van der Waals surface area contributed by atoms with Crippen LogP contribution < -0.4 is 0 Å². The molecule has 0 aromatic carbocycles. The summed E-state index contributed by atoms with van der Waals surface area (Å²) in [5.41, 5.74) is 0. The van der Waals surface area contributed by atoms with Crippen molar-refractivity contribution in [3.63, 3.8) is 0 Å². The Morgan fingerprint density at radius 1 is 1.44 bits per heavy atom. The van der Waals surface area contributed by atoms with E-state index in [1.54, 1.807) is 6.08 Å². The van der Waals surface area contributed by atoms with E-state index in [1.807, 2.05) is 6.92 Å². The minimum absolute atomic E-state index is 0.133. The average Bonchev–Trinajstić information content (AvgIpc) is 2.26. The number of nitrogens with zero attached hydrogens (tertiary/aromatic N) is 1. The molecule has 4 nitrogen and oxygen atoms in total. The van der Waals surface area contributed by atoms with Gasteiger partial charge in [0.1, 0.15) is 6.73 Å². The largest absolute Gasteiger partial charge is 0.379 e. The van der Waals surface area contributed by atoms with E-state index in [-0.39, 0.29) is 12.6 Å². The lowest BCUT2D eigenvalue weighted by Crippen LogP contribution is -2.37. The van der Waals surface area contributed by atoms with Gasteiger partial charge < -0.3 is 14.4 Å². The van der Waals surface area contributed by atoms with Crippen LogP contribution in [0.1, 0.15) is 6.92 Å². The lowest BCUT2D eigenvalue weighted by atomic mass is 10.5. The smallest absolute Gasteiger partial charge is 0.257 e. The molecule has 0 unspecified atom stereocenters. The molecule has 6 heteroatoms. The minimum atomic E-state index is -1.07. The predicted molar refractivity (Wildman–Crippen MR) is 64.7 cm³/mol. The first-order valence-electron chi connectivity index (χ1n) is 4.96. The molecular weight excluding hydrogens is 253 g/mol. The van der Waals surface area contributed by atoms with Gasteiger partial charge in [0.2, 0.25) is 0 Å². The van der Waals surface area contributed by atoms with Gasteiger partial charge in [-0.25, -0.2) is 0 Å². The van der Waals surface area contributed by atoms with Crippen LogP contribution in [0.4, 0.5) is 0 Å². The van der Waals surface area contributed by atoms with Gasteiger partial charge in [0.15, 0.2) is 4.84 Å². The third-order valence-corrected chi connectivity index (χ3v) is 2.04. The Balaban J connectivity index is 3.85. The van der Waals surface area contributed by atoms with E-state index in [1.165, 1.54) is 4.90 Å². The molecule has 0 saturated carbocycles. The molecule has 1 amide bonds. The van der Waals surface area contributed by atoms with Gasteiger partial charge in [0.05, 0.1) is 13.2 Å². The molecule has 0 heterocycles. The molecule has 0 spiro atoms. The zero-order valence-corrected chi connectivity index (χ0v) is 10.8. The SMILES string of the molecule is C=CCN(COCCOCC)C(=O)C(Cl)Cl. The molecule has 0 aliphatic carbocycles. The van der Waals surface area contributed by atoms with Crippen molar-refractivity contribution in [2.45, 2.75) is 11.8 Å². The fourth-order valence-electron chi connectivity index (χ4n) is 0.937. The van der Waals surface area contributed by atoms with Crippen LogP contribution in [0.5, 0.6) is 0 Å². The van der Waals surface area contributed by atoms with E-state index in [9.17, 15) is 4.79 Å². The third-order valence-electron chi connectivity index (χ3n) is 1.67. The third kappa shape index (κ3) is 7.06. The Morgan fingerprint density at radius 3 is 2.56 bits per heavy atom. The predicted octanol–water partition coefficient (Wildman–Crippen LogP) is 1.82. The molecule has 94 valence electrons. The van der Waals surface area contributed by atoms with Gasteiger partial charge in [0.25, 0.3) is 5.91 Å². The van der Waals surface area contributed by atoms with E-state index >= 15 is 0 Å². The number of amides is 1. The lowest BCUT2D eigenvalue weighted by molar-refractivity contribution is -0.134. The highest BCUT2D eigenvalue weighted by Crippen LogP contribution is 2.07. The maximum absolute atomic E-state index is 11.5. The monoisotopic (exact) mass is 269 g/mol. The van der Waals surface area contributed by atoms with E-state index in [2.05, 4.69) is 6.58 Å². The first-order valence-corrected chi connectivity index (χ1v) is 5.84. The van der Waals surface area contributed by atoms with Gasteiger partial charge in [-0.2, -0.15) is 0 Å². The van der Waals surface area contributed by atoms with Crippen LogP contribution in [-0.2, 0) is 14.3 Å². The highest BCUT2D eigenvalue weighted by molar-refractivity contribution is 6.53. The van der Waals surface area contributed by atoms with Crippen LogP contribution in [-0.4, -0.2) is 48.7 Å². The maximum Gasteiger partial charge on any atom is 0.257 e. The molecular formula is C10H17Cl2NO3. The summed E-state index contributed by atoms with van der Waals surface area (Å²) in [6, 6.07) is 0. The average molecular weight is 270 g/mol. The van der Waals surface area contributed by atoms with Crippen LogP contribution in [0, 0.1) is 0 Å². The summed E-state index contributed by atoms with van der Waals surface area (Å²) in [6.07, 6.45) is 1.58. The number of hydrogen-bond donors (Lipinski definition) is 0. The van der Waals surface area contributed by atoms with Crippen molar-refractivity contribution in [1.82, 2.24) is 4.90 Å². The molecule has 16 heavy (non-hydrogen) atoms. The standard InChI is InChI=1S/C10H17Cl2NO3/c1-3-5-13(10(14)9(11)12)8-16-7-6-15-4-2/h3,9H,1,4-8H2,2H3. The molecule has 0 radical (unpaired) electrons. The van der Waals surface area contributed by atoms with Crippen molar-refractivity contribution >= 4 is 29.1 Å². The van der Waals surface area contributed by atoms with Crippen LogP contribution in [0.15, 0.2) is 12.7 Å². The maximum atomic E-state index is 11.5. The topological polar surface area (TPSA) is 38.8 Å². The number of halogens is 2. The number of hydrogen-bond acceptors (Lipinski definition) is 3. The van der Waals surface area contributed by atoms with Crippen LogP contribution in [0.3, 0.4) is 0 Å². The molecule has 0 aromatic rings. The summed E-state index contributed by atoms with van der Waals surface area (Å²) in [4.78, 5) is 11.8. The van der Waals surface area contributed by atoms with Crippen molar-refractivity contribution in [2.75, 3.05) is 33.1 Å². The second-order valence-corrected chi connectivity index (χ2v) is 3.98. The summed E-state index contributed by atoms with van der Waals surface area (Å²) in [6.45, 7) is 7.49. The number of ether oxygens (including phenoxy) is 2. The summed E-state index contributed by atoms with van der Waals surface area (Å²) in [5.74, 6) is -0.389. The summed E-state index contributed by atoms with van der Waals surface area (Å²) >= 11 is 11.0. The number of carbonyl (C=O) groups is 1. The molecule has 0 aromatic heterocycles. The van der Waals surface area contributed by atoms with Crippen molar-refractivity contribution < 1.29 is 14.3 Å². The van der Waals surface area contributed by atoms with E-state index in [4.69, 9.17) is 32.7 Å². The quantitative estimate of drug-likeness (QED) is 0.277. The van der Waals surface area contributed by atoms with Crippen LogP contribution >= 0.6 is 23.2 Å². The molecule has 0 bridgehead atoms. The first kappa shape index (κ1) is 15.7. The highest BCUT2D eigenvalue weighted by Gasteiger charge is 2.18. The molecule has 0 aliphatic rings. The van der Waals surface area contributed by atoms with Crippen molar-refractivity contribution in [3.05, 3.63) is 12.7 Å². The summed E-state index contributed by atoms with van der Waals surface area (Å²) in [5, 5.41) is 0. The van der Waals surface area contributed by atoms with Crippen LogP contribution in [0.2, 0.25) is 0 Å². The fraction of sp³-hybridized carbons (Fsp3) is 0.700. The Labute approximate surface area is 106 Å². The normalized spacial score (nSPS) is 10.5. The first-order chi connectivity index (χ1) is 7.63. The van der Waals surface area contributed by atoms with Crippen LogP contribution in [0.25, 0.3) is 0 Å². The molecule has 0 aliphatic heterocycles. The summed E-state index contributed by atoms with van der Waals surface area (Å²) in [7, 11) is 0. The van der Waals surface area contributed by atoms with Gasteiger partial charge in [-0.3, -0.25) is 4.79 Å². The van der Waals surface area contributed by atoms with E-state index < -0.39 is 4.84 Å². The van der Waals surface area contributed by atoms with Crippen molar-refractivity contribution in [2.24, 2.45) is 0 Å². The Bertz CT molecular complexity index is 212. The molecule has 0 fully saturated rings. The van der Waals surface area contributed by atoms with Crippen molar-refractivity contribution in [3.8, 4) is 0 Å². The van der Waals surface area contributed by atoms with E-state index in [0.29, 0.717) is 26.4 Å². The minimum Gasteiger partial charge on any atom is -0.379 e.